The highest BCUT2D eigenvalue weighted by atomic mass is 35.5. The van der Waals surface area contributed by atoms with Gasteiger partial charge >= 0.3 is 12.3 Å². The first-order valence-electron chi connectivity index (χ1n) is 6.69. The zero-order valence-corrected chi connectivity index (χ0v) is 13.1. The number of benzene rings is 1. The van der Waals surface area contributed by atoms with Crippen LogP contribution in [0.1, 0.15) is 23.6 Å². The van der Waals surface area contributed by atoms with Crippen molar-refractivity contribution in [3.8, 4) is 5.75 Å². The second kappa shape index (κ2) is 7.48. The second-order valence-corrected chi connectivity index (χ2v) is 5.04. The van der Waals surface area contributed by atoms with Crippen molar-refractivity contribution in [1.82, 2.24) is 9.97 Å². The quantitative estimate of drug-likeness (QED) is 0.600. The highest BCUT2D eigenvalue weighted by Gasteiger charge is 2.31. The largest absolute Gasteiger partial charge is 0.573 e. The van der Waals surface area contributed by atoms with Gasteiger partial charge in [0.05, 0.1) is 19.2 Å². The molecule has 1 aromatic heterocycles. The standard InChI is InChI=1S/C15H12ClF3N2O3/c1-23-13(22)8-11(12-5-6-20-14(16)21-12)9-3-2-4-10(7-9)24-15(17,18)19/h2-7,11H,8H2,1H3. The topological polar surface area (TPSA) is 61.3 Å². The molecule has 0 saturated carbocycles. The lowest BCUT2D eigenvalue weighted by Crippen LogP contribution is -2.17. The fraction of sp³-hybridized carbons (Fsp3) is 0.267. The van der Waals surface area contributed by atoms with Crippen LogP contribution in [0, 0.1) is 0 Å². The number of hydrogen-bond acceptors (Lipinski definition) is 5. The molecule has 128 valence electrons. The lowest BCUT2D eigenvalue weighted by atomic mass is 9.92. The van der Waals surface area contributed by atoms with Crippen LogP contribution in [0.25, 0.3) is 0 Å². The Hall–Kier alpha value is -2.35. The molecule has 2 aromatic rings. The van der Waals surface area contributed by atoms with E-state index >= 15 is 0 Å². The Balaban J connectivity index is 2.40. The van der Waals surface area contributed by atoms with Crippen LogP contribution in [0.5, 0.6) is 5.75 Å². The van der Waals surface area contributed by atoms with E-state index in [1.165, 1.54) is 37.6 Å². The third-order valence-corrected chi connectivity index (χ3v) is 3.28. The van der Waals surface area contributed by atoms with Gasteiger partial charge in [-0.05, 0) is 35.4 Å². The van der Waals surface area contributed by atoms with Crippen molar-refractivity contribution in [2.45, 2.75) is 18.7 Å². The molecule has 0 saturated heterocycles. The van der Waals surface area contributed by atoms with Crippen LogP contribution in [-0.2, 0) is 9.53 Å². The number of methoxy groups -OCH3 is 1. The first-order chi connectivity index (χ1) is 11.3. The fourth-order valence-electron chi connectivity index (χ4n) is 2.11. The summed E-state index contributed by atoms with van der Waals surface area (Å²) in [5.74, 6) is -1.60. The van der Waals surface area contributed by atoms with Gasteiger partial charge in [-0.1, -0.05) is 12.1 Å². The van der Waals surface area contributed by atoms with Crippen LogP contribution in [0.4, 0.5) is 13.2 Å². The molecule has 1 unspecified atom stereocenters. The molecule has 0 aliphatic carbocycles. The molecule has 0 fully saturated rings. The maximum absolute atomic E-state index is 12.4. The molecule has 1 heterocycles. The van der Waals surface area contributed by atoms with E-state index in [9.17, 15) is 18.0 Å². The summed E-state index contributed by atoms with van der Waals surface area (Å²) in [4.78, 5) is 19.4. The minimum absolute atomic E-state index is 0.0370. The molecule has 9 heteroatoms. The number of esters is 1. The molecular formula is C15H12ClF3N2O3. The predicted molar refractivity (Wildman–Crippen MR) is 78.6 cm³/mol. The minimum atomic E-state index is -4.81. The lowest BCUT2D eigenvalue weighted by Gasteiger charge is -2.17. The van der Waals surface area contributed by atoms with Gasteiger partial charge < -0.3 is 9.47 Å². The van der Waals surface area contributed by atoms with E-state index in [0.717, 1.165) is 0 Å². The van der Waals surface area contributed by atoms with Crippen molar-refractivity contribution in [1.29, 1.82) is 0 Å². The predicted octanol–water partition coefficient (Wildman–Crippen LogP) is 3.72. The van der Waals surface area contributed by atoms with E-state index in [-0.39, 0.29) is 11.7 Å². The number of ether oxygens (including phenoxy) is 2. The van der Waals surface area contributed by atoms with Crippen LogP contribution in [0.15, 0.2) is 36.5 Å². The van der Waals surface area contributed by atoms with Crippen molar-refractivity contribution < 1.29 is 27.4 Å². The molecule has 0 amide bonds. The Bertz CT molecular complexity index is 725. The summed E-state index contributed by atoms with van der Waals surface area (Å²) in [6.45, 7) is 0. The van der Waals surface area contributed by atoms with Gasteiger partial charge in [0.25, 0.3) is 0 Å². The van der Waals surface area contributed by atoms with Gasteiger partial charge in [-0.2, -0.15) is 0 Å². The van der Waals surface area contributed by atoms with Gasteiger partial charge in [-0.25, -0.2) is 9.97 Å². The number of alkyl halides is 3. The van der Waals surface area contributed by atoms with Gasteiger partial charge in [0.15, 0.2) is 0 Å². The van der Waals surface area contributed by atoms with Gasteiger partial charge in [-0.3, -0.25) is 4.79 Å². The maximum atomic E-state index is 12.4. The number of aromatic nitrogens is 2. The highest BCUT2D eigenvalue weighted by molar-refractivity contribution is 6.28. The first kappa shape index (κ1) is 18.0. The van der Waals surface area contributed by atoms with Gasteiger partial charge in [0.1, 0.15) is 5.75 Å². The van der Waals surface area contributed by atoms with Crippen molar-refractivity contribution >= 4 is 17.6 Å². The van der Waals surface area contributed by atoms with Gasteiger partial charge in [0.2, 0.25) is 5.28 Å². The molecule has 0 aliphatic heterocycles. The Kier molecular flexibility index (Phi) is 5.61. The third kappa shape index (κ3) is 5.09. The van der Waals surface area contributed by atoms with E-state index < -0.39 is 24.0 Å². The summed E-state index contributed by atoms with van der Waals surface area (Å²) in [6, 6.07) is 6.84. The summed E-state index contributed by atoms with van der Waals surface area (Å²) >= 11 is 5.75. The number of carbonyl (C=O) groups is 1. The summed E-state index contributed by atoms with van der Waals surface area (Å²) in [5.41, 5.74) is 0.779. The van der Waals surface area contributed by atoms with Crippen LogP contribution in [0.3, 0.4) is 0 Å². The number of halogens is 4. The Morgan fingerprint density at radius 2 is 2.08 bits per heavy atom. The first-order valence-corrected chi connectivity index (χ1v) is 7.07. The fourth-order valence-corrected chi connectivity index (χ4v) is 2.27. The molecule has 1 aromatic carbocycles. The number of hydrogen-bond donors (Lipinski definition) is 0. The van der Waals surface area contributed by atoms with Crippen molar-refractivity contribution in [3.63, 3.8) is 0 Å². The van der Waals surface area contributed by atoms with Crippen molar-refractivity contribution in [2.75, 3.05) is 7.11 Å². The third-order valence-electron chi connectivity index (χ3n) is 3.10. The smallest absolute Gasteiger partial charge is 0.469 e. The average molecular weight is 361 g/mol. The average Bonchev–Trinajstić information content (AvgIpc) is 2.51. The van der Waals surface area contributed by atoms with Crippen LogP contribution >= 0.6 is 11.6 Å². The zero-order valence-electron chi connectivity index (χ0n) is 12.4. The van der Waals surface area contributed by atoms with Gasteiger partial charge in [-0.15, -0.1) is 13.2 Å². The van der Waals surface area contributed by atoms with Gasteiger partial charge in [0, 0.05) is 12.1 Å². The van der Waals surface area contributed by atoms with E-state index in [1.54, 1.807) is 6.07 Å². The Labute approximate surface area is 140 Å². The molecule has 0 N–H and O–H groups in total. The van der Waals surface area contributed by atoms with Crippen molar-refractivity contribution in [2.24, 2.45) is 0 Å². The molecule has 5 nitrogen and oxygen atoms in total. The molecule has 0 radical (unpaired) electrons. The van der Waals surface area contributed by atoms with E-state index in [0.29, 0.717) is 11.3 Å². The maximum Gasteiger partial charge on any atom is 0.573 e. The van der Waals surface area contributed by atoms with E-state index in [4.69, 9.17) is 11.6 Å². The van der Waals surface area contributed by atoms with Crippen LogP contribution in [0.2, 0.25) is 5.28 Å². The molecule has 0 spiro atoms. The summed E-state index contributed by atoms with van der Waals surface area (Å²) in [6.07, 6.45) is -3.54. The minimum Gasteiger partial charge on any atom is -0.469 e. The number of nitrogens with zero attached hydrogens (tertiary/aromatic N) is 2. The second-order valence-electron chi connectivity index (χ2n) is 4.70. The summed E-state index contributed by atoms with van der Waals surface area (Å²) in [5, 5.41) is -0.0370. The zero-order chi connectivity index (χ0) is 17.7. The molecule has 0 bridgehead atoms. The van der Waals surface area contributed by atoms with Crippen LogP contribution < -0.4 is 4.74 Å². The molecule has 24 heavy (non-hydrogen) atoms. The molecule has 2 rings (SSSR count). The lowest BCUT2D eigenvalue weighted by molar-refractivity contribution is -0.274. The van der Waals surface area contributed by atoms with Crippen molar-refractivity contribution in [3.05, 3.63) is 53.1 Å². The summed E-state index contributed by atoms with van der Waals surface area (Å²) in [7, 11) is 1.22. The van der Waals surface area contributed by atoms with Crippen LogP contribution in [-0.4, -0.2) is 29.4 Å². The molecule has 0 aliphatic rings. The van der Waals surface area contributed by atoms with E-state index in [2.05, 4.69) is 19.4 Å². The number of rotatable bonds is 5. The number of carbonyl (C=O) groups excluding carboxylic acids is 1. The highest BCUT2D eigenvalue weighted by Crippen LogP contribution is 2.31. The normalized spacial score (nSPS) is 12.5. The monoisotopic (exact) mass is 360 g/mol. The van der Waals surface area contributed by atoms with E-state index in [1.807, 2.05) is 0 Å². The molecule has 1 atom stereocenters. The SMILES string of the molecule is COC(=O)CC(c1cccc(OC(F)(F)F)c1)c1ccnc(Cl)n1. The summed E-state index contributed by atoms with van der Waals surface area (Å²) < 4.78 is 45.7. The Morgan fingerprint density at radius 1 is 1.33 bits per heavy atom. The Morgan fingerprint density at radius 3 is 2.71 bits per heavy atom. The molecular weight excluding hydrogens is 349 g/mol.